The molecule has 0 aromatic heterocycles. The molecule has 0 bridgehead atoms. The van der Waals surface area contributed by atoms with Crippen molar-refractivity contribution in [2.45, 2.75) is 38.1 Å². The lowest BCUT2D eigenvalue weighted by Gasteiger charge is -2.28. The van der Waals surface area contributed by atoms with E-state index in [1.807, 2.05) is 55.5 Å². The first-order valence-electron chi connectivity index (χ1n) is 10.7. The van der Waals surface area contributed by atoms with Crippen LogP contribution in [-0.2, 0) is 31.1 Å². The van der Waals surface area contributed by atoms with Crippen molar-refractivity contribution in [1.82, 2.24) is 10.2 Å². The van der Waals surface area contributed by atoms with Crippen molar-refractivity contribution in [3.63, 3.8) is 0 Å². The van der Waals surface area contributed by atoms with Gasteiger partial charge in [0.1, 0.15) is 5.75 Å². The highest BCUT2D eigenvalue weighted by Crippen LogP contribution is 2.41. The molecule has 1 aliphatic heterocycles. The highest BCUT2D eigenvalue weighted by molar-refractivity contribution is 6.10. The minimum atomic E-state index is -1.19. The Balaban J connectivity index is 1.80. The van der Waals surface area contributed by atoms with Crippen LogP contribution in [0.5, 0.6) is 5.75 Å². The lowest BCUT2D eigenvalue weighted by atomic mass is 9.74. The minimum Gasteiger partial charge on any atom is -0.497 e. The van der Waals surface area contributed by atoms with Gasteiger partial charge in [0, 0.05) is 39.6 Å². The van der Waals surface area contributed by atoms with Gasteiger partial charge in [-0.25, -0.2) is 0 Å². The number of aryl methyl sites for hydroxylation is 1. The molecule has 1 atom stereocenters. The summed E-state index contributed by atoms with van der Waals surface area (Å²) in [5.74, 6) is -0.101. The van der Waals surface area contributed by atoms with E-state index < -0.39 is 5.41 Å². The predicted molar refractivity (Wildman–Crippen MR) is 120 cm³/mol. The Morgan fingerprint density at radius 2 is 1.81 bits per heavy atom. The maximum Gasteiger partial charge on any atom is 0.240 e. The zero-order valence-electron chi connectivity index (χ0n) is 18.8. The van der Waals surface area contributed by atoms with E-state index >= 15 is 0 Å². The van der Waals surface area contributed by atoms with Gasteiger partial charge in [0.25, 0.3) is 0 Å². The third kappa shape index (κ3) is 4.99. The van der Waals surface area contributed by atoms with Crippen LogP contribution < -0.4 is 10.1 Å². The molecule has 0 saturated carbocycles. The summed E-state index contributed by atoms with van der Waals surface area (Å²) in [4.78, 5) is 40.6. The van der Waals surface area contributed by atoms with Gasteiger partial charge in [0.15, 0.2) is 0 Å². The maximum atomic E-state index is 13.5. The van der Waals surface area contributed by atoms with Crippen LogP contribution in [0.1, 0.15) is 36.0 Å². The number of amides is 3. The number of nitrogens with zero attached hydrogens (tertiary/aromatic N) is 1. The molecule has 0 radical (unpaired) electrons. The number of hydrogen-bond donors (Lipinski definition) is 1. The first-order valence-corrected chi connectivity index (χ1v) is 10.7. The van der Waals surface area contributed by atoms with Gasteiger partial charge in [-0.1, -0.05) is 36.4 Å². The third-order valence-corrected chi connectivity index (χ3v) is 5.91. The van der Waals surface area contributed by atoms with Crippen LogP contribution in [0.4, 0.5) is 0 Å². The van der Waals surface area contributed by atoms with Gasteiger partial charge in [0.2, 0.25) is 17.7 Å². The molecule has 1 saturated heterocycles. The number of benzene rings is 2. The number of rotatable bonds is 10. The summed E-state index contributed by atoms with van der Waals surface area (Å²) in [6, 6.07) is 14.9. The van der Waals surface area contributed by atoms with Crippen molar-refractivity contribution in [2.75, 3.05) is 27.4 Å². The molecule has 2 aromatic carbocycles. The van der Waals surface area contributed by atoms with Gasteiger partial charge in [-0.15, -0.1) is 0 Å². The molecule has 3 amide bonds. The van der Waals surface area contributed by atoms with E-state index in [1.54, 1.807) is 14.2 Å². The Morgan fingerprint density at radius 3 is 2.47 bits per heavy atom. The van der Waals surface area contributed by atoms with Gasteiger partial charge in [0.05, 0.1) is 12.5 Å². The fourth-order valence-electron chi connectivity index (χ4n) is 4.23. The largest absolute Gasteiger partial charge is 0.497 e. The van der Waals surface area contributed by atoms with Crippen molar-refractivity contribution in [3.8, 4) is 5.75 Å². The Kier molecular flexibility index (Phi) is 7.64. The number of carbonyl (C=O) groups excluding carboxylic acids is 3. The van der Waals surface area contributed by atoms with E-state index in [2.05, 4.69) is 5.32 Å². The third-order valence-electron chi connectivity index (χ3n) is 5.91. The van der Waals surface area contributed by atoms with Gasteiger partial charge in [-0.2, -0.15) is 0 Å². The smallest absolute Gasteiger partial charge is 0.240 e. The summed E-state index contributed by atoms with van der Waals surface area (Å²) in [7, 11) is 3.18. The number of likely N-dealkylation sites (tertiary alicyclic amines) is 1. The van der Waals surface area contributed by atoms with Gasteiger partial charge < -0.3 is 14.8 Å². The summed E-state index contributed by atoms with van der Waals surface area (Å²) < 4.78 is 10.2. The fraction of sp³-hybridized carbons (Fsp3) is 0.400. The van der Waals surface area contributed by atoms with Crippen LogP contribution in [-0.4, -0.2) is 50.0 Å². The lowest BCUT2D eigenvalue weighted by Crippen LogP contribution is -2.43. The number of nitrogens with one attached hydrogen (secondary N) is 1. The average molecular weight is 439 g/mol. The van der Waals surface area contributed by atoms with Crippen LogP contribution in [0, 0.1) is 6.92 Å². The van der Waals surface area contributed by atoms with Crippen LogP contribution >= 0.6 is 0 Å². The second-order valence-electron chi connectivity index (χ2n) is 8.07. The number of imide groups is 1. The first-order chi connectivity index (χ1) is 15.4. The maximum absolute atomic E-state index is 13.5. The number of hydrogen-bond acceptors (Lipinski definition) is 5. The Morgan fingerprint density at radius 1 is 1.09 bits per heavy atom. The van der Waals surface area contributed by atoms with E-state index in [9.17, 15) is 14.4 Å². The quantitative estimate of drug-likeness (QED) is 0.455. The van der Waals surface area contributed by atoms with Crippen LogP contribution in [0.2, 0.25) is 0 Å². The minimum absolute atomic E-state index is 0.0143. The van der Waals surface area contributed by atoms with Gasteiger partial charge in [-0.05, 0) is 42.2 Å². The second-order valence-corrected chi connectivity index (χ2v) is 8.07. The van der Waals surface area contributed by atoms with E-state index in [0.29, 0.717) is 19.6 Å². The summed E-state index contributed by atoms with van der Waals surface area (Å²) in [6.07, 6.45) is 0.459. The standard InChI is InChI=1S/C25H30N2O5/c1-18-7-4-5-8-21(18)25(16-23(29)27(24(25)30)13-6-14-31-2)15-22(28)26-17-19-9-11-20(32-3)12-10-19/h4-5,7-12H,6,13-17H2,1-3H3,(H,26,28). The second kappa shape index (κ2) is 10.4. The number of carbonyl (C=O) groups is 3. The van der Waals surface area contributed by atoms with Crippen molar-refractivity contribution < 1.29 is 23.9 Å². The van der Waals surface area contributed by atoms with Crippen LogP contribution in [0.25, 0.3) is 0 Å². The molecule has 1 heterocycles. The van der Waals surface area contributed by atoms with Crippen molar-refractivity contribution in [2.24, 2.45) is 0 Å². The molecule has 1 fully saturated rings. The molecular weight excluding hydrogens is 408 g/mol. The molecule has 0 spiro atoms. The summed E-state index contributed by atoms with van der Waals surface area (Å²) in [5, 5.41) is 2.90. The fourth-order valence-corrected chi connectivity index (χ4v) is 4.23. The molecular formula is C25H30N2O5. The average Bonchev–Trinajstić information content (AvgIpc) is 3.03. The highest BCUT2D eigenvalue weighted by Gasteiger charge is 2.53. The van der Waals surface area contributed by atoms with Gasteiger partial charge in [-0.3, -0.25) is 19.3 Å². The molecule has 0 aliphatic carbocycles. The first kappa shape index (κ1) is 23.5. The zero-order chi connectivity index (χ0) is 23.1. The monoisotopic (exact) mass is 438 g/mol. The van der Waals surface area contributed by atoms with E-state index in [4.69, 9.17) is 9.47 Å². The molecule has 1 aliphatic rings. The molecule has 7 nitrogen and oxygen atoms in total. The number of ether oxygens (including phenoxy) is 2. The zero-order valence-corrected chi connectivity index (χ0v) is 18.8. The molecule has 7 heteroatoms. The highest BCUT2D eigenvalue weighted by atomic mass is 16.5. The molecule has 1 N–H and O–H groups in total. The number of methoxy groups -OCH3 is 2. The molecule has 1 unspecified atom stereocenters. The van der Waals surface area contributed by atoms with E-state index in [-0.39, 0.29) is 37.1 Å². The van der Waals surface area contributed by atoms with Crippen molar-refractivity contribution in [1.29, 1.82) is 0 Å². The molecule has 32 heavy (non-hydrogen) atoms. The van der Waals surface area contributed by atoms with Crippen molar-refractivity contribution >= 4 is 17.7 Å². The molecule has 3 rings (SSSR count). The summed E-state index contributed by atoms with van der Waals surface area (Å²) in [5.41, 5.74) is 1.33. The van der Waals surface area contributed by atoms with E-state index in [1.165, 1.54) is 4.90 Å². The SMILES string of the molecule is COCCCN1C(=O)CC(CC(=O)NCc2ccc(OC)cc2)(c2ccccc2C)C1=O. The van der Waals surface area contributed by atoms with E-state index in [0.717, 1.165) is 22.4 Å². The lowest BCUT2D eigenvalue weighted by molar-refractivity contribution is -0.141. The summed E-state index contributed by atoms with van der Waals surface area (Å²) >= 11 is 0. The van der Waals surface area contributed by atoms with Crippen molar-refractivity contribution in [3.05, 3.63) is 65.2 Å². The molecule has 2 aromatic rings. The topological polar surface area (TPSA) is 84.9 Å². The van der Waals surface area contributed by atoms with Crippen LogP contribution in [0.3, 0.4) is 0 Å². The Bertz CT molecular complexity index is 973. The Labute approximate surface area is 188 Å². The predicted octanol–water partition coefficient (Wildman–Crippen LogP) is 2.74. The summed E-state index contributed by atoms with van der Waals surface area (Å²) in [6.45, 7) is 2.97. The normalized spacial score (nSPS) is 18.2. The molecule has 170 valence electrons. The van der Waals surface area contributed by atoms with Crippen LogP contribution in [0.15, 0.2) is 48.5 Å². The Hall–Kier alpha value is -3.19. The van der Waals surface area contributed by atoms with Gasteiger partial charge >= 0.3 is 0 Å².